The zero-order chi connectivity index (χ0) is 12.3. The monoisotopic (exact) mass is 238 g/mol. The summed E-state index contributed by atoms with van der Waals surface area (Å²) in [4.78, 5) is 0. The average molecular weight is 238 g/mol. The van der Waals surface area contributed by atoms with Gasteiger partial charge in [0.1, 0.15) is 0 Å². The van der Waals surface area contributed by atoms with E-state index in [1.54, 1.807) is 0 Å². The maximum absolute atomic E-state index is 5.84. The second kappa shape index (κ2) is 5.62. The number of nitrogens with one attached hydrogen (secondary N) is 1. The first-order valence-corrected chi connectivity index (χ1v) is 6.28. The lowest BCUT2D eigenvalue weighted by molar-refractivity contribution is 0.0301. The summed E-state index contributed by atoms with van der Waals surface area (Å²) >= 11 is 0. The summed E-state index contributed by atoms with van der Waals surface area (Å²) < 4.78 is 7.67. The topological polar surface area (TPSA) is 65.1 Å². The van der Waals surface area contributed by atoms with E-state index in [0.29, 0.717) is 6.10 Å². The van der Waals surface area contributed by atoms with Gasteiger partial charge >= 0.3 is 0 Å². The van der Waals surface area contributed by atoms with Crippen molar-refractivity contribution in [3.63, 3.8) is 0 Å². The molecule has 96 valence electrons. The summed E-state index contributed by atoms with van der Waals surface area (Å²) in [6, 6.07) is 0.236. The smallest absolute Gasteiger partial charge is 0.0746 e. The molecule has 2 rings (SSSR count). The molecule has 1 aromatic heterocycles. The van der Waals surface area contributed by atoms with Gasteiger partial charge in [-0.3, -0.25) is 16.0 Å². The summed E-state index contributed by atoms with van der Waals surface area (Å²) in [5.41, 5.74) is 4.14. The van der Waals surface area contributed by atoms with Crippen molar-refractivity contribution in [1.82, 2.24) is 15.2 Å². The van der Waals surface area contributed by atoms with Crippen molar-refractivity contribution in [3.8, 4) is 0 Å². The van der Waals surface area contributed by atoms with Crippen LogP contribution in [0.25, 0.3) is 0 Å². The second-order valence-electron chi connectivity index (χ2n) is 4.90. The van der Waals surface area contributed by atoms with E-state index in [0.717, 1.165) is 25.7 Å². The van der Waals surface area contributed by atoms with E-state index in [-0.39, 0.29) is 12.1 Å². The highest BCUT2D eigenvalue weighted by atomic mass is 16.5. The highest BCUT2D eigenvalue weighted by Gasteiger charge is 2.28. The van der Waals surface area contributed by atoms with Crippen LogP contribution in [0.1, 0.15) is 31.7 Å². The van der Waals surface area contributed by atoms with E-state index in [9.17, 15) is 0 Å². The average Bonchev–Trinajstić information content (AvgIpc) is 2.89. The number of rotatable bonds is 5. The summed E-state index contributed by atoms with van der Waals surface area (Å²) in [5.74, 6) is 5.62. The first kappa shape index (κ1) is 12.5. The van der Waals surface area contributed by atoms with E-state index < -0.39 is 0 Å². The highest BCUT2D eigenvalue weighted by Crippen LogP contribution is 2.23. The molecule has 3 atom stereocenters. The zero-order valence-electron chi connectivity index (χ0n) is 10.6. The molecule has 17 heavy (non-hydrogen) atoms. The van der Waals surface area contributed by atoms with Gasteiger partial charge in [0.25, 0.3) is 0 Å². The standard InChI is InChI=1S/C12H22N4O/c1-9-3-6-12(17-9)11(15-13)5-4-10-7-14-16(2)8-10/h7-9,11-12,15H,3-6,13H2,1-2H3. The molecule has 2 heterocycles. The number of hydrazine groups is 1. The van der Waals surface area contributed by atoms with Crippen LogP contribution in [0.3, 0.4) is 0 Å². The number of nitrogens with zero attached hydrogens (tertiary/aromatic N) is 2. The maximum atomic E-state index is 5.84. The van der Waals surface area contributed by atoms with Crippen molar-refractivity contribution in [3.05, 3.63) is 18.0 Å². The van der Waals surface area contributed by atoms with Crippen LogP contribution in [0, 0.1) is 0 Å². The Morgan fingerprint density at radius 2 is 2.47 bits per heavy atom. The van der Waals surface area contributed by atoms with E-state index in [1.807, 2.05) is 24.1 Å². The van der Waals surface area contributed by atoms with Crippen LogP contribution in [0.15, 0.2) is 12.4 Å². The molecule has 0 amide bonds. The van der Waals surface area contributed by atoms with Crippen molar-refractivity contribution < 1.29 is 4.74 Å². The van der Waals surface area contributed by atoms with Crippen LogP contribution >= 0.6 is 0 Å². The lowest BCUT2D eigenvalue weighted by atomic mass is 10.0. The quantitative estimate of drug-likeness (QED) is 0.587. The van der Waals surface area contributed by atoms with Gasteiger partial charge < -0.3 is 4.74 Å². The summed E-state index contributed by atoms with van der Waals surface area (Å²) in [6.07, 6.45) is 8.79. The lowest BCUT2D eigenvalue weighted by Crippen LogP contribution is -2.44. The number of nitrogens with two attached hydrogens (primary N) is 1. The van der Waals surface area contributed by atoms with Gasteiger partial charge in [0.2, 0.25) is 0 Å². The number of ether oxygens (including phenoxy) is 1. The number of aryl methyl sites for hydroxylation is 2. The van der Waals surface area contributed by atoms with Crippen LogP contribution in [0.5, 0.6) is 0 Å². The van der Waals surface area contributed by atoms with Crippen molar-refractivity contribution in [2.75, 3.05) is 0 Å². The minimum absolute atomic E-state index is 0.236. The normalized spacial score (nSPS) is 26.3. The van der Waals surface area contributed by atoms with Gasteiger partial charge in [0.15, 0.2) is 0 Å². The molecular formula is C12H22N4O. The SMILES string of the molecule is CC1CCC(C(CCc2cnn(C)c2)NN)O1. The molecule has 3 N–H and O–H groups in total. The minimum Gasteiger partial charge on any atom is -0.374 e. The van der Waals surface area contributed by atoms with E-state index in [1.165, 1.54) is 5.56 Å². The molecule has 0 aliphatic carbocycles. The zero-order valence-corrected chi connectivity index (χ0v) is 10.6. The molecule has 1 aliphatic rings. The Balaban J connectivity index is 1.83. The fourth-order valence-corrected chi connectivity index (χ4v) is 2.43. The first-order valence-electron chi connectivity index (χ1n) is 6.28. The van der Waals surface area contributed by atoms with Crippen LogP contribution < -0.4 is 11.3 Å². The summed E-state index contributed by atoms with van der Waals surface area (Å²) in [5, 5.41) is 4.16. The fraction of sp³-hybridized carbons (Fsp3) is 0.750. The van der Waals surface area contributed by atoms with E-state index in [4.69, 9.17) is 10.6 Å². The Kier molecular flexibility index (Phi) is 4.15. The highest BCUT2D eigenvalue weighted by molar-refractivity contribution is 5.04. The van der Waals surface area contributed by atoms with Gasteiger partial charge in [-0.25, -0.2) is 0 Å². The third-order valence-corrected chi connectivity index (χ3v) is 3.43. The van der Waals surface area contributed by atoms with Gasteiger partial charge in [-0.2, -0.15) is 5.10 Å². The molecule has 1 aromatic rings. The van der Waals surface area contributed by atoms with Gasteiger partial charge in [-0.15, -0.1) is 0 Å². The van der Waals surface area contributed by atoms with Crippen molar-refractivity contribution in [2.24, 2.45) is 12.9 Å². The predicted molar refractivity (Wildman–Crippen MR) is 66.2 cm³/mol. The molecule has 0 spiro atoms. The van der Waals surface area contributed by atoms with Gasteiger partial charge in [0, 0.05) is 19.3 Å². The lowest BCUT2D eigenvalue weighted by Gasteiger charge is -2.22. The van der Waals surface area contributed by atoms with Crippen LogP contribution in [-0.4, -0.2) is 28.0 Å². The molecule has 3 unspecified atom stereocenters. The molecule has 5 heteroatoms. The molecular weight excluding hydrogens is 216 g/mol. The van der Waals surface area contributed by atoms with Gasteiger partial charge in [0.05, 0.1) is 18.4 Å². The van der Waals surface area contributed by atoms with E-state index >= 15 is 0 Å². The minimum atomic E-state index is 0.236. The largest absolute Gasteiger partial charge is 0.374 e. The molecule has 1 fully saturated rings. The number of hydrogen-bond acceptors (Lipinski definition) is 4. The number of aromatic nitrogens is 2. The molecule has 0 saturated carbocycles. The van der Waals surface area contributed by atoms with Crippen LogP contribution in [0.2, 0.25) is 0 Å². The van der Waals surface area contributed by atoms with Gasteiger partial charge in [-0.05, 0) is 38.2 Å². The number of hydrogen-bond donors (Lipinski definition) is 2. The molecule has 0 aromatic carbocycles. The van der Waals surface area contributed by atoms with Crippen LogP contribution in [-0.2, 0) is 18.2 Å². The second-order valence-corrected chi connectivity index (χ2v) is 4.90. The Labute approximate surface area is 102 Å². The Bertz CT molecular complexity index is 352. The first-order chi connectivity index (χ1) is 8.19. The van der Waals surface area contributed by atoms with Crippen molar-refractivity contribution >= 4 is 0 Å². The Morgan fingerprint density at radius 1 is 1.65 bits per heavy atom. The third-order valence-electron chi connectivity index (χ3n) is 3.43. The fourth-order valence-electron chi connectivity index (χ4n) is 2.43. The molecule has 1 saturated heterocycles. The van der Waals surface area contributed by atoms with E-state index in [2.05, 4.69) is 17.4 Å². The maximum Gasteiger partial charge on any atom is 0.0746 e. The Morgan fingerprint density at radius 3 is 3.00 bits per heavy atom. The molecule has 0 radical (unpaired) electrons. The van der Waals surface area contributed by atoms with Crippen LogP contribution in [0.4, 0.5) is 0 Å². The van der Waals surface area contributed by atoms with Gasteiger partial charge in [-0.1, -0.05) is 0 Å². The molecule has 5 nitrogen and oxygen atoms in total. The Hall–Kier alpha value is -0.910. The predicted octanol–water partition coefficient (Wildman–Crippen LogP) is 0.752. The van der Waals surface area contributed by atoms with Crippen molar-refractivity contribution in [1.29, 1.82) is 0 Å². The summed E-state index contributed by atoms with van der Waals surface area (Å²) in [7, 11) is 1.93. The molecule has 1 aliphatic heterocycles. The summed E-state index contributed by atoms with van der Waals surface area (Å²) in [6.45, 7) is 2.12. The van der Waals surface area contributed by atoms with Crippen molar-refractivity contribution in [2.45, 2.75) is 50.9 Å². The third kappa shape index (κ3) is 3.28. The molecule has 0 bridgehead atoms.